The molecule has 0 atom stereocenters. The Morgan fingerprint density at radius 1 is 1.24 bits per heavy atom. The van der Waals surface area contributed by atoms with Crippen molar-refractivity contribution in [2.45, 2.75) is 6.61 Å². The first-order chi connectivity index (χ1) is 10.2. The number of aliphatic hydroxyl groups is 1. The number of nitriles is 1. The molecule has 0 aliphatic heterocycles. The predicted octanol–water partition coefficient (Wildman–Crippen LogP) is 4.35. The van der Waals surface area contributed by atoms with E-state index in [0.29, 0.717) is 22.6 Å². The van der Waals surface area contributed by atoms with Gasteiger partial charge in [-0.05, 0) is 30.3 Å². The maximum absolute atomic E-state index is 9.42. The van der Waals surface area contributed by atoms with Gasteiger partial charge in [-0.2, -0.15) is 5.26 Å². The van der Waals surface area contributed by atoms with Crippen molar-refractivity contribution in [3.05, 3.63) is 58.3 Å². The molecule has 0 saturated heterocycles. The highest BCUT2D eigenvalue weighted by atomic mass is 79.9. The first-order valence-electron chi connectivity index (χ1n) is 6.21. The quantitative estimate of drug-likeness (QED) is 0.767. The second kappa shape index (κ2) is 5.60. The molecule has 0 unspecified atom stereocenters. The lowest BCUT2D eigenvalue weighted by atomic mass is 10.2. The van der Waals surface area contributed by atoms with Crippen molar-refractivity contribution in [2.24, 2.45) is 0 Å². The fraction of sp³-hybridized carbons (Fsp3) is 0.0625. The molecule has 0 aliphatic rings. The van der Waals surface area contributed by atoms with Gasteiger partial charge in [-0.15, -0.1) is 0 Å². The summed E-state index contributed by atoms with van der Waals surface area (Å²) < 4.78 is 12.1. The number of hydrogen-bond acceptors (Lipinski definition) is 4. The van der Waals surface area contributed by atoms with Crippen LogP contribution in [0.2, 0.25) is 0 Å². The van der Waals surface area contributed by atoms with Crippen LogP contribution in [0.15, 0.2) is 51.4 Å². The van der Waals surface area contributed by atoms with Gasteiger partial charge in [-0.25, -0.2) is 0 Å². The van der Waals surface area contributed by atoms with Crippen molar-refractivity contribution >= 4 is 26.9 Å². The molecule has 3 rings (SSSR count). The van der Waals surface area contributed by atoms with Crippen LogP contribution in [0, 0.1) is 11.3 Å². The molecule has 21 heavy (non-hydrogen) atoms. The fourth-order valence-corrected chi connectivity index (χ4v) is 2.49. The topological polar surface area (TPSA) is 66.4 Å². The summed E-state index contributed by atoms with van der Waals surface area (Å²) in [7, 11) is 0. The number of rotatable bonds is 3. The largest absolute Gasteiger partial charge is 0.451 e. The number of fused-ring (bicyclic) bond motifs is 1. The molecular formula is C16H10BrNO3. The van der Waals surface area contributed by atoms with E-state index in [1.807, 2.05) is 30.3 Å². The minimum Gasteiger partial charge on any atom is -0.451 e. The maximum Gasteiger partial charge on any atom is 0.247 e. The Balaban J connectivity index is 2.12. The van der Waals surface area contributed by atoms with E-state index in [1.165, 1.54) is 0 Å². The molecule has 0 radical (unpaired) electrons. The Morgan fingerprint density at radius 3 is 2.81 bits per heavy atom. The molecule has 0 spiro atoms. The lowest BCUT2D eigenvalue weighted by Crippen LogP contribution is -1.92. The van der Waals surface area contributed by atoms with Crippen molar-refractivity contribution in [3.63, 3.8) is 0 Å². The molecule has 0 fully saturated rings. The van der Waals surface area contributed by atoms with Crippen LogP contribution in [0.4, 0.5) is 0 Å². The van der Waals surface area contributed by atoms with Crippen LogP contribution in [-0.2, 0) is 6.61 Å². The van der Waals surface area contributed by atoms with E-state index in [0.717, 1.165) is 9.86 Å². The van der Waals surface area contributed by atoms with Crippen molar-refractivity contribution < 1.29 is 14.3 Å². The Bertz CT molecular complexity index is 848. The molecule has 0 amide bonds. The summed E-state index contributed by atoms with van der Waals surface area (Å²) in [5, 5.41) is 19.3. The number of benzene rings is 2. The summed E-state index contributed by atoms with van der Waals surface area (Å²) in [6.07, 6.45) is 0. The fourth-order valence-electron chi connectivity index (χ4n) is 2.08. The smallest absolute Gasteiger partial charge is 0.247 e. The first-order valence-corrected chi connectivity index (χ1v) is 7.01. The van der Waals surface area contributed by atoms with Crippen LogP contribution in [-0.4, -0.2) is 5.11 Å². The number of hydrogen-bond donors (Lipinski definition) is 1. The van der Waals surface area contributed by atoms with E-state index in [-0.39, 0.29) is 12.4 Å². The molecule has 1 heterocycles. The van der Waals surface area contributed by atoms with E-state index < -0.39 is 0 Å². The van der Waals surface area contributed by atoms with Gasteiger partial charge in [0.1, 0.15) is 17.4 Å². The van der Waals surface area contributed by atoms with Crippen molar-refractivity contribution in [3.8, 4) is 17.6 Å². The highest BCUT2D eigenvalue weighted by Crippen LogP contribution is 2.37. The van der Waals surface area contributed by atoms with Crippen LogP contribution in [0.3, 0.4) is 0 Å². The second-order valence-electron chi connectivity index (χ2n) is 4.38. The molecule has 4 nitrogen and oxygen atoms in total. The van der Waals surface area contributed by atoms with Gasteiger partial charge < -0.3 is 14.3 Å². The third-order valence-corrected chi connectivity index (χ3v) is 3.55. The standard InChI is InChI=1S/C16H10BrNO3/c17-11-5-6-13(10(7-11)9-19)21-16-12-3-1-2-4-14(12)20-15(16)8-18/h1-7,19H,9H2. The summed E-state index contributed by atoms with van der Waals surface area (Å²) in [6.45, 7) is -0.160. The molecule has 3 aromatic rings. The van der Waals surface area contributed by atoms with Gasteiger partial charge in [0, 0.05) is 10.0 Å². The minimum absolute atomic E-state index is 0.114. The van der Waals surface area contributed by atoms with Gasteiger partial charge in [0.2, 0.25) is 5.76 Å². The zero-order valence-electron chi connectivity index (χ0n) is 10.8. The van der Waals surface area contributed by atoms with Crippen LogP contribution in [0.5, 0.6) is 11.5 Å². The number of furan rings is 1. The number of nitrogens with zero attached hydrogens (tertiary/aromatic N) is 1. The molecule has 0 aliphatic carbocycles. The number of aliphatic hydroxyl groups excluding tert-OH is 1. The third kappa shape index (κ3) is 2.51. The van der Waals surface area contributed by atoms with E-state index in [9.17, 15) is 10.4 Å². The van der Waals surface area contributed by atoms with E-state index in [1.54, 1.807) is 18.2 Å². The highest BCUT2D eigenvalue weighted by molar-refractivity contribution is 9.10. The normalized spacial score (nSPS) is 10.5. The minimum atomic E-state index is -0.160. The first kappa shape index (κ1) is 13.7. The average molecular weight is 344 g/mol. The van der Waals surface area contributed by atoms with Crippen molar-refractivity contribution in [1.29, 1.82) is 5.26 Å². The van der Waals surface area contributed by atoms with E-state index >= 15 is 0 Å². The van der Waals surface area contributed by atoms with Crippen LogP contribution in [0.25, 0.3) is 11.0 Å². The third-order valence-electron chi connectivity index (χ3n) is 3.06. The number of halogens is 1. The molecule has 104 valence electrons. The molecule has 1 N–H and O–H groups in total. The van der Waals surface area contributed by atoms with Gasteiger partial charge in [0.15, 0.2) is 5.75 Å². The van der Waals surface area contributed by atoms with Gasteiger partial charge >= 0.3 is 0 Å². The predicted molar refractivity (Wildman–Crippen MR) is 81.1 cm³/mol. The summed E-state index contributed by atoms with van der Waals surface area (Å²) in [5.74, 6) is 0.969. The molecular weight excluding hydrogens is 334 g/mol. The summed E-state index contributed by atoms with van der Waals surface area (Å²) in [6, 6.07) is 14.6. The highest BCUT2D eigenvalue weighted by Gasteiger charge is 2.17. The Kier molecular flexibility index (Phi) is 3.65. The molecule has 0 saturated carbocycles. The maximum atomic E-state index is 9.42. The monoisotopic (exact) mass is 343 g/mol. The van der Waals surface area contributed by atoms with Gasteiger partial charge in [-0.1, -0.05) is 28.1 Å². The van der Waals surface area contributed by atoms with E-state index in [2.05, 4.69) is 15.9 Å². The SMILES string of the molecule is N#Cc1oc2ccccc2c1Oc1ccc(Br)cc1CO. The van der Waals surface area contributed by atoms with E-state index in [4.69, 9.17) is 9.15 Å². The second-order valence-corrected chi connectivity index (χ2v) is 5.30. The van der Waals surface area contributed by atoms with Crippen LogP contribution < -0.4 is 4.74 Å². The summed E-state index contributed by atoms with van der Waals surface area (Å²) in [5.41, 5.74) is 1.21. The molecule has 5 heteroatoms. The molecule has 1 aromatic heterocycles. The Labute approximate surface area is 129 Å². The van der Waals surface area contributed by atoms with Crippen LogP contribution in [0.1, 0.15) is 11.3 Å². The zero-order valence-corrected chi connectivity index (χ0v) is 12.4. The van der Waals surface area contributed by atoms with Gasteiger partial charge in [0.05, 0.1) is 12.0 Å². The molecule has 2 aromatic carbocycles. The lowest BCUT2D eigenvalue weighted by Gasteiger charge is -2.09. The molecule has 0 bridgehead atoms. The lowest BCUT2D eigenvalue weighted by molar-refractivity contribution is 0.276. The van der Waals surface area contributed by atoms with Crippen molar-refractivity contribution in [2.75, 3.05) is 0 Å². The number of ether oxygens (including phenoxy) is 1. The number of para-hydroxylation sites is 1. The summed E-state index contributed by atoms with van der Waals surface area (Å²) >= 11 is 3.35. The summed E-state index contributed by atoms with van der Waals surface area (Å²) in [4.78, 5) is 0. The van der Waals surface area contributed by atoms with Gasteiger partial charge in [-0.3, -0.25) is 0 Å². The van der Waals surface area contributed by atoms with Gasteiger partial charge in [0.25, 0.3) is 0 Å². The Hall–Kier alpha value is -2.29. The Morgan fingerprint density at radius 2 is 2.05 bits per heavy atom. The van der Waals surface area contributed by atoms with Crippen LogP contribution >= 0.6 is 15.9 Å². The van der Waals surface area contributed by atoms with Crippen molar-refractivity contribution in [1.82, 2.24) is 0 Å². The average Bonchev–Trinajstić information content (AvgIpc) is 2.87. The zero-order chi connectivity index (χ0) is 14.8.